The lowest BCUT2D eigenvalue weighted by atomic mass is 9.84. The van der Waals surface area contributed by atoms with E-state index in [0.29, 0.717) is 5.92 Å². The number of aromatic amines is 1. The molecule has 2 aliphatic heterocycles. The predicted molar refractivity (Wildman–Crippen MR) is 90.8 cm³/mol. The highest BCUT2D eigenvalue weighted by Gasteiger charge is 2.40. The highest BCUT2D eigenvalue weighted by molar-refractivity contribution is 5.00. The molecule has 0 aromatic carbocycles. The number of nitrogens with one attached hydrogen (secondary N) is 1. The van der Waals surface area contributed by atoms with Crippen LogP contribution in [0.25, 0.3) is 0 Å². The monoisotopic (exact) mass is 334 g/mol. The van der Waals surface area contributed by atoms with Crippen LogP contribution in [0.2, 0.25) is 0 Å². The first-order chi connectivity index (χ1) is 11.8. The number of piperidine rings is 1. The van der Waals surface area contributed by atoms with Crippen molar-refractivity contribution in [1.82, 2.24) is 20.1 Å². The molecule has 4 rings (SSSR count). The highest BCUT2D eigenvalue weighted by atomic mass is 16.7. The summed E-state index contributed by atoms with van der Waals surface area (Å²) in [4.78, 5) is 7.26. The van der Waals surface area contributed by atoms with Crippen molar-refractivity contribution in [1.29, 1.82) is 0 Å². The van der Waals surface area contributed by atoms with Crippen molar-refractivity contribution in [2.45, 2.75) is 63.6 Å². The number of H-pyrrole nitrogens is 1. The van der Waals surface area contributed by atoms with E-state index in [1.165, 1.54) is 45.3 Å². The van der Waals surface area contributed by atoms with E-state index in [1.807, 2.05) is 0 Å². The van der Waals surface area contributed by atoms with Crippen LogP contribution in [0.5, 0.6) is 0 Å². The Labute approximate surface area is 144 Å². The van der Waals surface area contributed by atoms with Crippen LogP contribution >= 0.6 is 0 Å². The van der Waals surface area contributed by atoms with Crippen LogP contribution in [0.15, 0.2) is 0 Å². The van der Waals surface area contributed by atoms with Gasteiger partial charge in [-0.15, -0.1) is 0 Å². The Kier molecular flexibility index (Phi) is 4.88. The number of ether oxygens (including phenoxy) is 2. The van der Waals surface area contributed by atoms with Gasteiger partial charge in [0, 0.05) is 31.7 Å². The van der Waals surface area contributed by atoms with E-state index in [4.69, 9.17) is 9.47 Å². The van der Waals surface area contributed by atoms with Crippen LogP contribution in [0.3, 0.4) is 0 Å². The minimum Gasteiger partial charge on any atom is -0.348 e. The van der Waals surface area contributed by atoms with E-state index in [0.717, 1.165) is 50.0 Å². The molecule has 6 nitrogen and oxygen atoms in total. The zero-order chi connectivity index (χ0) is 16.4. The maximum absolute atomic E-state index is 5.84. The van der Waals surface area contributed by atoms with Gasteiger partial charge in [0.25, 0.3) is 0 Å². The summed E-state index contributed by atoms with van der Waals surface area (Å²) in [5.41, 5.74) is 0. The van der Waals surface area contributed by atoms with Crippen molar-refractivity contribution in [2.75, 3.05) is 32.8 Å². The minimum atomic E-state index is -0.216. The van der Waals surface area contributed by atoms with Gasteiger partial charge in [-0.25, -0.2) is 4.98 Å². The van der Waals surface area contributed by atoms with E-state index < -0.39 is 0 Å². The van der Waals surface area contributed by atoms with Gasteiger partial charge in [-0.1, -0.05) is 6.92 Å². The summed E-state index contributed by atoms with van der Waals surface area (Å²) in [5, 5.41) is 7.46. The predicted octanol–water partition coefficient (Wildman–Crippen LogP) is 2.48. The van der Waals surface area contributed by atoms with Crippen LogP contribution in [0.1, 0.15) is 63.0 Å². The summed E-state index contributed by atoms with van der Waals surface area (Å²) in [5.74, 6) is 3.16. The molecule has 0 radical (unpaired) electrons. The molecule has 3 aliphatic rings. The van der Waals surface area contributed by atoms with E-state index in [2.05, 4.69) is 27.0 Å². The smallest absolute Gasteiger partial charge is 0.168 e. The second kappa shape index (κ2) is 7.10. The van der Waals surface area contributed by atoms with Crippen molar-refractivity contribution < 1.29 is 9.47 Å². The molecule has 1 N–H and O–H groups in total. The van der Waals surface area contributed by atoms with Crippen LogP contribution < -0.4 is 0 Å². The second-order valence-electron chi connectivity index (χ2n) is 7.62. The Morgan fingerprint density at radius 2 is 1.83 bits per heavy atom. The van der Waals surface area contributed by atoms with Gasteiger partial charge in [0.2, 0.25) is 0 Å². The first-order valence-electron chi connectivity index (χ1n) is 9.68. The molecule has 1 aromatic heterocycles. The molecule has 24 heavy (non-hydrogen) atoms. The molecular weight excluding hydrogens is 304 g/mol. The molecular formula is C18H30N4O2. The number of hydrogen-bond acceptors (Lipinski definition) is 5. The largest absolute Gasteiger partial charge is 0.348 e. The summed E-state index contributed by atoms with van der Waals surface area (Å²) in [6.07, 6.45) is 7.92. The molecule has 6 heteroatoms. The SMILES string of the molecule is CCc1nc(C2CCN(CC3CCC4(CC3)OCCO4)CC2)n[nH]1. The molecule has 0 amide bonds. The Morgan fingerprint density at radius 3 is 2.46 bits per heavy atom. The fraction of sp³-hybridized carbons (Fsp3) is 0.889. The van der Waals surface area contributed by atoms with Gasteiger partial charge in [-0.05, 0) is 44.7 Å². The molecule has 134 valence electrons. The quantitative estimate of drug-likeness (QED) is 0.916. The van der Waals surface area contributed by atoms with Gasteiger partial charge in [0.1, 0.15) is 5.82 Å². The Morgan fingerprint density at radius 1 is 1.12 bits per heavy atom. The molecule has 3 heterocycles. The van der Waals surface area contributed by atoms with E-state index in [-0.39, 0.29) is 5.79 Å². The summed E-state index contributed by atoms with van der Waals surface area (Å²) in [6, 6.07) is 0. The number of nitrogens with zero attached hydrogens (tertiary/aromatic N) is 3. The molecule has 0 atom stereocenters. The van der Waals surface area contributed by atoms with Crippen molar-refractivity contribution >= 4 is 0 Å². The standard InChI is InChI=1S/C18H30N4O2/c1-2-16-19-17(21-20-16)15-5-9-22(10-6-15)13-14-3-7-18(8-4-14)23-11-12-24-18/h14-15H,2-13H2,1H3,(H,19,20,21). The summed E-state index contributed by atoms with van der Waals surface area (Å²) in [7, 11) is 0. The molecule has 0 bridgehead atoms. The van der Waals surface area contributed by atoms with Crippen molar-refractivity contribution in [3.05, 3.63) is 11.6 Å². The van der Waals surface area contributed by atoms with Gasteiger partial charge < -0.3 is 14.4 Å². The third-order valence-corrected chi connectivity index (χ3v) is 6.03. The van der Waals surface area contributed by atoms with Crippen LogP contribution in [-0.2, 0) is 15.9 Å². The van der Waals surface area contributed by atoms with Crippen molar-refractivity contribution in [3.63, 3.8) is 0 Å². The van der Waals surface area contributed by atoms with Crippen molar-refractivity contribution in [3.8, 4) is 0 Å². The lowest BCUT2D eigenvalue weighted by Gasteiger charge is -2.39. The fourth-order valence-corrected chi connectivity index (χ4v) is 4.48. The molecule has 0 unspecified atom stereocenters. The second-order valence-corrected chi connectivity index (χ2v) is 7.62. The lowest BCUT2D eigenvalue weighted by Crippen LogP contribution is -2.41. The van der Waals surface area contributed by atoms with Crippen LogP contribution in [-0.4, -0.2) is 58.7 Å². The summed E-state index contributed by atoms with van der Waals surface area (Å²) < 4.78 is 11.7. The van der Waals surface area contributed by atoms with Gasteiger partial charge in [-0.2, -0.15) is 5.10 Å². The Hall–Kier alpha value is -0.980. The van der Waals surface area contributed by atoms with Crippen LogP contribution in [0.4, 0.5) is 0 Å². The Bertz CT molecular complexity index is 523. The highest BCUT2D eigenvalue weighted by Crippen LogP contribution is 2.39. The molecule has 1 spiro atoms. The number of aryl methyl sites for hydroxylation is 1. The van der Waals surface area contributed by atoms with E-state index in [1.54, 1.807) is 0 Å². The fourth-order valence-electron chi connectivity index (χ4n) is 4.48. The number of hydrogen-bond donors (Lipinski definition) is 1. The minimum absolute atomic E-state index is 0.216. The van der Waals surface area contributed by atoms with E-state index in [9.17, 15) is 0 Å². The summed E-state index contributed by atoms with van der Waals surface area (Å²) in [6.45, 7) is 7.25. The van der Waals surface area contributed by atoms with Gasteiger partial charge >= 0.3 is 0 Å². The average molecular weight is 334 g/mol. The topological polar surface area (TPSA) is 63.3 Å². The zero-order valence-electron chi connectivity index (χ0n) is 14.8. The molecule has 3 fully saturated rings. The number of rotatable bonds is 4. The molecule has 2 saturated heterocycles. The van der Waals surface area contributed by atoms with E-state index >= 15 is 0 Å². The first kappa shape index (κ1) is 16.5. The number of aromatic nitrogens is 3. The first-order valence-corrected chi connectivity index (χ1v) is 9.68. The maximum atomic E-state index is 5.84. The average Bonchev–Trinajstić information content (AvgIpc) is 3.28. The van der Waals surface area contributed by atoms with Gasteiger partial charge in [0.05, 0.1) is 13.2 Å². The Balaban J connectivity index is 1.22. The zero-order valence-corrected chi connectivity index (χ0v) is 14.8. The normalized spacial score (nSPS) is 26.4. The third-order valence-electron chi connectivity index (χ3n) is 6.03. The number of likely N-dealkylation sites (tertiary alicyclic amines) is 1. The van der Waals surface area contributed by atoms with Crippen LogP contribution in [0, 0.1) is 5.92 Å². The lowest BCUT2D eigenvalue weighted by molar-refractivity contribution is -0.183. The van der Waals surface area contributed by atoms with Crippen molar-refractivity contribution in [2.24, 2.45) is 5.92 Å². The molecule has 1 aliphatic carbocycles. The molecule has 1 saturated carbocycles. The third kappa shape index (κ3) is 3.51. The molecule has 1 aromatic rings. The summed E-state index contributed by atoms with van der Waals surface area (Å²) >= 11 is 0. The van der Waals surface area contributed by atoms with Gasteiger partial charge in [0.15, 0.2) is 11.6 Å². The van der Waals surface area contributed by atoms with Gasteiger partial charge in [-0.3, -0.25) is 5.10 Å². The maximum Gasteiger partial charge on any atom is 0.168 e.